The van der Waals surface area contributed by atoms with Crippen LogP contribution in [0.15, 0.2) is 30.3 Å². The van der Waals surface area contributed by atoms with Crippen LogP contribution in [0.2, 0.25) is 0 Å². The minimum atomic E-state index is 0.359. The summed E-state index contributed by atoms with van der Waals surface area (Å²) in [6.45, 7) is 8.82. The second kappa shape index (κ2) is 7.04. The molecule has 0 saturated carbocycles. The Balaban J connectivity index is 2.07. The number of hydrogen-bond donors (Lipinski definition) is 1. The standard InChI is InChI=1S/C16H27N3/c1-3-18(4-2)16-12-15(17)10-11-19(16)13-14-8-6-5-7-9-14/h5-9,15-16H,3-4,10-13,17H2,1-2H3. The van der Waals surface area contributed by atoms with Gasteiger partial charge in [0.15, 0.2) is 0 Å². The molecule has 2 rings (SSSR count). The van der Waals surface area contributed by atoms with Gasteiger partial charge in [0.25, 0.3) is 0 Å². The van der Waals surface area contributed by atoms with Crippen LogP contribution in [-0.4, -0.2) is 41.6 Å². The zero-order valence-corrected chi connectivity index (χ0v) is 12.3. The van der Waals surface area contributed by atoms with Gasteiger partial charge in [0, 0.05) is 19.1 Å². The van der Waals surface area contributed by atoms with Gasteiger partial charge in [-0.05, 0) is 31.5 Å². The normalized spacial score (nSPS) is 24.8. The van der Waals surface area contributed by atoms with E-state index in [1.807, 2.05) is 0 Å². The fraction of sp³-hybridized carbons (Fsp3) is 0.625. The van der Waals surface area contributed by atoms with Crippen molar-refractivity contribution >= 4 is 0 Å². The second-order valence-corrected chi connectivity index (χ2v) is 5.44. The van der Waals surface area contributed by atoms with Gasteiger partial charge in [-0.2, -0.15) is 0 Å². The lowest BCUT2D eigenvalue weighted by molar-refractivity contribution is 0.00729. The molecule has 1 aliphatic rings. The van der Waals surface area contributed by atoms with Gasteiger partial charge in [-0.3, -0.25) is 9.80 Å². The summed E-state index contributed by atoms with van der Waals surface area (Å²) >= 11 is 0. The molecule has 0 spiro atoms. The Hall–Kier alpha value is -0.900. The maximum Gasteiger partial charge on any atom is 0.0640 e. The summed E-state index contributed by atoms with van der Waals surface area (Å²) in [6, 6.07) is 11.1. The lowest BCUT2D eigenvalue weighted by Gasteiger charge is -2.44. The smallest absolute Gasteiger partial charge is 0.0640 e. The maximum atomic E-state index is 6.17. The fourth-order valence-corrected chi connectivity index (χ4v) is 3.05. The molecule has 3 nitrogen and oxygen atoms in total. The summed E-state index contributed by atoms with van der Waals surface area (Å²) in [4.78, 5) is 5.12. The fourth-order valence-electron chi connectivity index (χ4n) is 3.05. The van der Waals surface area contributed by atoms with Crippen molar-refractivity contribution in [1.82, 2.24) is 9.80 Å². The van der Waals surface area contributed by atoms with Crippen molar-refractivity contribution < 1.29 is 0 Å². The topological polar surface area (TPSA) is 32.5 Å². The molecule has 106 valence electrons. The Morgan fingerprint density at radius 2 is 1.89 bits per heavy atom. The number of nitrogens with zero attached hydrogens (tertiary/aromatic N) is 2. The molecule has 1 saturated heterocycles. The Morgan fingerprint density at radius 1 is 1.21 bits per heavy atom. The lowest BCUT2D eigenvalue weighted by Crippen LogP contribution is -2.54. The number of likely N-dealkylation sites (tertiary alicyclic amines) is 1. The van der Waals surface area contributed by atoms with Crippen molar-refractivity contribution in [2.24, 2.45) is 5.73 Å². The molecule has 1 aromatic rings. The van der Waals surface area contributed by atoms with E-state index in [-0.39, 0.29) is 0 Å². The third-order valence-corrected chi connectivity index (χ3v) is 4.18. The van der Waals surface area contributed by atoms with E-state index in [4.69, 9.17) is 5.73 Å². The lowest BCUT2D eigenvalue weighted by atomic mass is 10.0. The summed E-state index contributed by atoms with van der Waals surface area (Å²) in [5.41, 5.74) is 7.57. The van der Waals surface area contributed by atoms with E-state index in [1.54, 1.807) is 0 Å². The first-order valence-corrected chi connectivity index (χ1v) is 7.52. The molecule has 0 aliphatic carbocycles. The van der Waals surface area contributed by atoms with E-state index in [0.29, 0.717) is 12.2 Å². The van der Waals surface area contributed by atoms with Gasteiger partial charge in [-0.25, -0.2) is 0 Å². The van der Waals surface area contributed by atoms with E-state index in [9.17, 15) is 0 Å². The molecule has 0 aromatic heterocycles. The van der Waals surface area contributed by atoms with Crippen LogP contribution in [0.3, 0.4) is 0 Å². The molecular formula is C16H27N3. The Labute approximate surface area is 117 Å². The predicted molar refractivity (Wildman–Crippen MR) is 80.8 cm³/mol. The van der Waals surface area contributed by atoms with Crippen molar-refractivity contribution in [1.29, 1.82) is 0 Å². The molecule has 1 aromatic carbocycles. The third kappa shape index (κ3) is 3.78. The van der Waals surface area contributed by atoms with Crippen molar-refractivity contribution in [3.05, 3.63) is 35.9 Å². The molecule has 0 amide bonds. The maximum absolute atomic E-state index is 6.17. The van der Waals surface area contributed by atoms with Gasteiger partial charge in [0.2, 0.25) is 0 Å². The zero-order chi connectivity index (χ0) is 13.7. The van der Waals surface area contributed by atoms with Crippen LogP contribution >= 0.6 is 0 Å². The van der Waals surface area contributed by atoms with Crippen LogP contribution in [0.5, 0.6) is 0 Å². The molecule has 3 heteroatoms. The molecule has 0 bridgehead atoms. The second-order valence-electron chi connectivity index (χ2n) is 5.44. The first-order valence-electron chi connectivity index (χ1n) is 7.52. The van der Waals surface area contributed by atoms with Gasteiger partial charge in [0.1, 0.15) is 0 Å². The van der Waals surface area contributed by atoms with Gasteiger partial charge < -0.3 is 5.73 Å². The Bertz CT molecular complexity index is 362. The molecule has 2 unspecified atom stereocenters. The van der Waals surface area contributed by atoms with Crippen LogP contribution in [0.25, 0.3) is 0 Å². The zero-order valence-electron chi connectivity index (χ0n) is 12.3. The van der Waals surface area contributed by atoms with Gasteiger partial charge in [0.05, 0.1) is 6.17 Å². The molecule has 2 N–H and O–H groups in total. The van der Waals surface area contributed by atoms with Crippen LogP contribution in [0, 0.1) is 0 Å². The summed E-state index contributed by atoms with van der Waals surface area (Å²) in [5.74, 6) is 0. The largest absolute Gasteiger partial charge is 0.328 e. The average molecular weight is 261 g/mol. The summed E-state index contributed by atoms with van der Waals surface area (Å²) in [6.07, 6.45) is 2.71. The number of rotatable bonds is 5. The van der Waals surface area contributed by atoms with Crippen molar-refractivity contribution in [2.75, 3.05) is 19.6 Å². The minimum absolute atomic E-state index is 0.359. The molecule has 1 fully saturated rings. The quantitative estimate of drug-likeness (QED) is 0.882. The van der Waals surface area contributed by atoms with Gasteiger partial charge in [-0.1, -0.05) is 44.2 Å². The van der Waals surface area contributed by atoms with Gasteiger partial charge >= 0.3 is 0 Å². The van der Waals surface area contributed by atoms with Crippen LogP contribution in [-0.2, 0) is 6.54 Å². The summed E-state index contributed by atoms with van der Waals surface area (Å²) in [5, 5.41) is 0. The summed E-state index contributed by atoms with van der Waals surface area (Å²) in [7, 11) is 0. The molecular weight excluding hydrogens is 234 g/mol. The number of benzene rings is 1. The first-order chi connectivity index (χ1) is 9.24. The van der Waals surface area contributed by atoms with Crippen LogP contribution in [0.1, 0.15) is 32.3 Å². The van der Waals surface area contributed by atoms with E-state index in [2.05, 4.69) is 54.0 Å². The highest BCUT2D eigenvalue weighted by Gasteiger charge is 2.29. The van der Waals surface area contributed by atoms with E-state index in [1.165, 1.54) is 5.56 Å². The molecule has 2 atom stereocenters. The van der Waals surface area contributed by atoms with Crippen LogP contribution < -0.4 is 5.73 Å². The minimum Gasteiger partial charge on any atom is -0.328 e. The van der Waals surface area contributed by atoms with E-state index in [0.717, 1.165) is 39.0 Å². The van der Waals surface area contributed by atoms with Crippen molar-refractivity contribution in [2.45, 2.75) is 45.4 Å². The monoisotopic (exact) mass is 261 g/mol. The highest BCUT2D eigenvalue weighted by Crippen LogP contribution is 2.21. The Kier molecular flexibility index (Phi) is 5.37. The van der Waals surface area contributed by atoms with Crippen molar-refractivity contribution in [3.63, 3.8) is 0 Å². The van der Waals surface area contributed by atoms with Crippen molar-refractivity contribution in [3.8, 4) is 0 Å². The summed E-state index contributed by atoms with van der Waals surface area (Å²) < 4.78 is 0. The number of nitrogens with two attached hydrogens (primary N) is 1. The highest BCUT2D eigenvalue weighted by molar-refractivity contribution is 5.14. The first kappa shape index (κ1) is 14.5. The number of piperidine rings is 1. The molecule has 1 heterocycles. The molecule has 19 heavy (non-hydrogen) atoms. The van der Waals surface area contributed by atoms with E-state index < -0.39 is 0 Å². The predicted octanol–water partition coefficient (Wildman–Crippen LogP) is 2.28. The van der Waals surface area contributed by atoms with Crippen LogP contribution in [0.4, 0.5) is 0 Å². The van der Waals surface area contributed by atoms with E-state index >= 15 is 0 Å². The highest BCUT2D eigenvalue weighted by atomic mass is 15.4. The average Bonchev–Trinajstić information content (AvgIpc) is 2.44. The third-order valence-electron chi connectivity index (χ3n) is 4.18. The molecule has 0 radical (unpaired) electrons. The number of hydrogen-bond acceptors (Lipinski definition) is 3. The Morgan fingerprint density at radius 3 is 2.53 bits per heavy atom. The van der Waals surface area contributed by atoms with Gasteiger partial charge in [-0.15, -0.1) is 0 Å². The SMILES string of the molecule is CCN(CC)C1CC(N)CCN1Cc1ccccc1. The molecule has 1 aliphatic heterocycles.